The lowest BCUT2D eigenvalue weighted by molar-refractivity contribution is -0.139. The molecule has 7 nitrogen and oxygen atoms in total. The number of allylic oxidation sites excluding steroid dienone is 2. The molecule has 3 aromatic rings. The van der Waals surface area contributed by atoms with Gasteiger partial charge in [0.1, 0.15) is 5.01 Å². The molecule has 35 heavy (non-hydrogen) atoms. The van der Waals surface area contributed by atoms with Crippen LogP contribution in [0.4, 0.5) is 0 Å². The van der Waals surface area contributed by atoms with E-state index in [-0.39, 0.29) is 13.2 Å². The Bertz CT molecular complexity index is 1270. The average Bonchev–Trinajstić information content (AvgIpc) is 3.34. The molecule has 4 rings (SSSR count). The number of pyridine rings is 1. The third kappa shape index (κ3) is 4.88. The van der Waals surface area contributed by atoms with Gasteiger partial charge in [-0.2, -0.15) is 0 Å². The zero-order valence-electron chi connectivity index (χ0n) is 20.1. The van der Waals surface area contributed by atoms with Gasteiger partial charge >= 0.3 is 11.9 Å². The number of carbonyl (C=O) groups excluding carboxylic acids is 2. The van der Waals surface area contributed by atoms with Crippen molar-refractivity contribution in [2.45, 2.75) is 33.6 Å². The molecule has 1 N–H and O–H groups in total. The van der Waals surface area contributed by atoms with Crippen LogP contribution in [0.1, 0.15) is 39.2 Å². The molecule has 0 saturated heterocycles. The van der Waals surface area contributed by atoms with Crippen molar-refractivity contribution in [3.05, 3.63) is 82.3 Å². The molecule has 0 radical (unpaired) electrons. The Kier molecular flexibility index (Phi) is 7.41. The first-order chi connectivity index (χ1) is 17.0. The Morgan fingerprint density at radius 1 is 0.943 bits per heavy atom. The van der Waals surface area contributed by atoms with Gasteiger partial charge in [-0.05, 0) is 45.4 Å². The fourth-order valence-corrected chi connectivity index (χ4v) is 5.14. The van der Waals surface area contributed by atoms with Crippen LogP contribution in [0.2, 0.25) is 0 Å². The molecule has 8 heteroatoms. The van der Waals surface area contributed by atoms with E-state index in [1.54, 1.807) is 26.2 Å². The second-order valence-corrected chi connectivity index (χ2v) is 8.80. The molecule has 1 aromatic carbocycles. The zero-order chi connectivity index (χ0) is 24.9. The predicted molar refractivity (Wildman–Crippen MR) is 135 cm³/mol. The van der Waals surface area contributed by atoms with E-state index < -0.39 is 17.9 Å². The van der Waals surface area contributed by atoms with Gasteiger partial charge in [0.15, 0.2) is 0 Å². The minimum Gasteiger partial charge on any atom is -0.463 e. The summed E-state index contributed by atoms with van der Waals surface area (Å²) in [6, 6.07) is 11.5. The SMILES string of the molecule is CCOC(=O)C1=C(C)NC(C)=C(C(=O)OCC)C1c1ccccc1-c1nc(-c2ccncc2)cs1. The van der Waals surface area contributed by atoms with Gasteiger partial charge in [0, 0.05) is 40.3 Å². The lowest BCUT2D eigenvalue weighted by atomic mass is 9.78. The summed E-state index contributed by atoms with van der Waals surface area (Å²) in [7, 11) is 0. The van der Waals surface area contributed by atoms with Gasteiger partial charge in [0.25, 0.3) is 0 Å². The largest absolute Gasteiger partial charge is 0.463 e. The summed E-state index contributed by atoms with van der Waals surface area (Å²) in [5.74, 6) is -1.61. The maximum Gasteiger partial charge on any atom is 0.336 e. The van der Waals surface area contributed by atoms with E-state index in [9.17, 15) is 9.59 Å². The van der Waals surface area contributed by atoms with Gasteiger partial charge in [-0.25, -0.2) is 14.6 Å². The van der Waals surface area contributed by atoms with Crippen LogP contribution in [0.25, 0.3) is 21.8 Å². The van der Waals surface area contributed by atoms with Crippen LogP contribution in [-0.4, -0.2) is 35.1 Å². The van der Waals surface area contributed by atoms with Crippen LogP contribution in [0.3, 0.4) is 0 Å². The van der Waals surface area contributed by atoms with Gasteiger partial charge in [-0.1, -0.05) is 24.3 Å². The number of aromatic nitrogens is 2. The van der Waals surface area contributed by atoms with Crippen molar-refractivity contribution in [2.24, 2.45) is 0 Å². The number of dihydropyridines is 1. The Labute approximate surface area is 208 Å². The molecular formula is C27H27N3O4S. The van der Waals surface area contributed by atoms with Crippen LogP contribution >= 0.6 is 11.3 Å². The van der Waals surface area contributed by atoms with Crippen LogP contribution in [0.5, 0.6) is 0 Å². The lowest BCUT2D eigenvalue weighted by Gasteiger charge is -2.31. The van der Waals surface area contributed by atoms with Crippen molar-refractivity contribution >= 4 is 23.3 Å². The number of rotatable bonds is 7. The molecule has 0 fully saturated rings. The van der Waals surface area contributed by atoms with Gasteiger partial charge in [-0.15, -0.1) is 11.3 Å². The van der Waals surface area contributed by atoms with Crippen molar-refractivity contribution in [1.29, 1.82) is 0 Å². The summed E-state index contributed by atoms with van der Waals surface area (Å²) in [6.45, 7) is 7.61. The molecule has 0 unspecified atom stereocenters. The van der Waals surface area contributed by atoms with Gasteiger partial charge in [-0.3, -0.25) is 4.98 Å². The highest BCUT2D eigenvalue weighted by Crippen LogP contribution is 2.44. The highest BCUT2D eigenvalue weighted by Gasteiger charge is 2.39. The van der Waals surface area contributed by atoms with Crippen molar-refractivity contribution in [1.82, 2.24) is 15.3 Å². The highest BCUT2D eigenvalue weighted by atomic mass is 32.1. The van der Waals surface area contributed by atoms with E-state index in [2.05, 4.69) is 10.3 Å². The number of thiazole rings is 1. The fraction of sp³-hybridized carbons (Fsp3) is 0.259. The van der Waals surface area contributed by atoms with E-state index in [0.29, 0.717) is 22.5 Å². The van der Waals surface area contributed by atoms with Gasteiger partial charge in [0.2, 0.25) is 0 Å². The number of benzene rings is 1. The quantitative estimate of drug-likeness (QED) is 0.454. The topological polar surface area (TPSA) is 90.4 Å². The number of nitrogens with zero attached hydrogens (tertiary/aromatic N) is 2. The highest BCUT2D eigenvalue weighted by molar-refractivity contribution is 7.13. The number of esters is 2. The fourth-order valence-electron chi connectivity index (χ4n) is 4.26. The summed E-state index contributed by atoms with van der Waals surface area (Å²) in [5.41, 5.74) is 5.49. The minimum absolute atomic E-state index is 0.225. The number of nitrogens with one attached hydrogen (secondary N) is 1. The molecule has 1 aliphatic rings. The molecule has 1 aliphatic heterocycles. The Morgan fingerprint density at radius 3 is 2.14 bits per heavy atom. The molecule has 0 saturated carbocycles. The first kappa shape index (κ1) is 24.3. The summed E-state index contributed by atoms with van der Waals surface area (Å²) in [6.07, 6.45) is 3.46. The van der Waals surface area contributed by atoms with Crippen LogP contribution in [-0.2, 0) is 19.1 Å². The Balaban J connectivity index is 1.89. The van der Waals surface area contributed by atoms with Gasteiger partial charge < -0.3 is 14.8 Å². The molecule has 0 atom stereocenters. The van der Waals surface area contributed by atoms with Crippen LogP contribution in [0, 0.1) is 0 Å². The monoisotopic (exact) mass is 489 g/mol. The van der Waals surface area contributed by atoms with Crippen molar-refractivity contribution in [3.8, 4) is 21.8 Å². The van der Waals surface area contributed by atoms with Crippen LogP contribution < -0.4 is 5.32 Å². The Hall–Kier alpha value is -3.78. The standard InChI is InChI=1S/C27H27N3O4S/c1-5-33-26(31)22-16(3)29-17(4)23(27(32)34-6-2)24(22)19-9-7-8-10-20(19)25-30-21(15-35-25)18-11-13-28-14-12-18/h7-15,24,29H,5-6H2,1-4H3. The van der Waals surface area contributed by atoms with E-state index in [1.165, 1.54) is 11.3 Å². The second kappa shape index (κ2) is 10.7. The zero-order valence-corrected chi connectivity index (χ0v) is 20.9. The maximum absolute atomic E-state index is 13.1. The third-order valence-corrected chi connectivity index (χ3v) is 6.61. The number of hydrogen-bond acceptors (Lipinski definition) is 8. The molecule has 0 amide bonds. The number of hydrogen-bond donors (Lipinski definition) is 1. The van der Waals surface area contributed by atoms with E-state index in [4.69, 9.17) is 14.5 Å². The first-order valence-electron chi connectivity index (χ1n) is 11.4. The molecule has 0 aliphatic carbocycles. The average molecular weight is 490 g/mol. The molecule has 0 bridgehead atoms. The second-order valence-electron chi connectivity index (χ2n) is 7.94. The normalized spacial score (nSPS) is 14.1. The summed E-state index contributed by atoms with van der Waals surface area (Å²) >= 11 is 1.51. The summed E-state index contributed by atoms with van der Waals surface area (Å²) in [4.78, 5) is 35.2. The first-order valence-corrected chi connectivity index (χ1v) is 12.3. The molecule has 2 aromatic heterocycles. The third-order valence-electron chi connectivity index (χ3n) is 5.73. The molecular weight excluding hydrogens is 462 g/mol. The molecule has 180 valence electrons. The number of carbonyl (C=O) groups is 2. The van der Waals surface area contributed by atoms with Crippen LogP contribution in [0.15, 0.2) is 76.7 Å². The van der Waals surface area contributed by atoms with Crippen molar-refractivity contribution in [3.63, 3.8) is 0 Å². The van der Waals surface area contributed by atoms with E-state index in [0.717, 1.165) is 27.4 Å². The summed E-state index contributed by atoms with van der Waals surface area (Å²) < 4.78 is 10.8. The summed E-state index contributed by atoms with van der Waals surface area (Å²) in [5, 5.41) is 5.96. The number of ether oxygens (including phenoxy) is 2. The predicted octanol–water partition coefficient (Wildman–Crippen LogP) is 5.23. The van der Waals surface area contributed by atoms with E-state index in [1.807, 2.05) is 55.6 Å². The molecule has 0 spiro atoms. The van der Waals surface area contributed by atoms with Crippen molar-refractivity contribution < 1.29 is 19.1 Å². The smallest absolute Gasteiger partial charge is 0.336 e. The maximum atomic E-state index is 13.1. The minimum atomic E-state index is -0.668. The van der Waals surface area contributed by atoms with Gasteiger partial charge in [0.05, 0.1) is 36.0 Å². The lowest BCUT2D eigenvalue weighted by Crippen LogP contribution is -2.32. The molecule has 3 heterocycles. The van der Waals surface area contributed by atoms with Crippen molar-refractivity contribution in [2.75, 3.05) is 13.2 Å². The Morgan fingerprint density at radius 2 is 1.54 bits per heavy atom. The van der Waals surface area contributed by atoms with E-state index >= 15 is 0 Å².